The van der Waals surface area contributed by atoms with E-state index in [2.05, 4.69) is 0 Å². The van der Waals surface area contributed by atoms with Crippen LogP contribution in [0.1, 0.15) is 19.8 Å². The molecule has 0 atom stereocenters. The van der Waals surface area contributed by atoms with Crippen LogP contribution in [0.4, 0.5) is 10.3 Å². The Morgan fingerprint density at radius 2 is 1.96 bits per heavy atom. The molecule has 1 aromatic carbocycles. The topological polar surface area (TPSA) is 97.0 Å². The van der Waals surface area contributed by atoms with Crippen LogP contribution < -0.4 is 9.64 Å². The van der Waals surface area contributed by atoms with Crippen molar-refractivity contribution in [3.05, 3.63) is 29.0 Å². The predicted molar refractivity (Wildman–Crippen MR) is 83.8 cm³/mol. The second-order valence-corrected chi connectivity index (χ2v) is 5.66. The molecular formula is C16H11ClFNO6. The molecule has 7 nitrogen and oxygen atoms in total. The molecule has 0 unspecified atom stereocenters. The summed E-state index contributed by atoms with van der Waals surface area (Å²) in [6.07, 6.45) is -0.0705. The number of rotatable bonds is 3. The third kappa shape index (κ3) is 2.96. The standard InChI is InChI=1S/C16H11ClFNO6/c1-7(20)24-15-13(23)14(9-3-2-8(18)6-10(9)17)25-16(15)19-11(21)4-5-12(19)22/h2-3,6,23H,4-5H2,1H3. The Hall–Kier alpha value is -2.87. The number of aromatic hydroxyl groups is 1. The summed E-state index contributed by atoms with van der Waals surface area (Å²) in [7, 11) is 0. The average molecular weight is 368 g/mol. The van der Waals surface area contributed by atoms with Crippen molar-refractivity contribution in [2.45, 2.75) is 19.8 Å². The number of halogens is 2. The second kappa shape index (κ2) is 6.21. The van der Waals surface area contributed by atoms with Gasteiger partial charge in [-0.2, -0.15) is 0 Å². The third-order valence-corrected chi connectivity index (χ3v) is 3.81. The summed E-state index contributed by atoms with van der Waals surface area (Å²) >= 11 is 5.95. The molecule has 1 aliphatic heterocycles. The molecule has 1 aromatic heterocycles. The van der Waals surface area contributed by atoms with E-state index in [1.807, 2.05) is 0 Å². The Labute approximate surface area is 145 Å². The number of imide groups is 1. The molecule has 2 aromatic rings. The van der Waals surface area contributed by atoms with Crippen LogP contribution in [0.3, 0.4) is 0 Å². The van der Waals surface area contributed by atoms with E-state index < -0.39 is 41.0 Å². The lowest BCUT2D eigenvalue weighted by molar-refractivity contribution is -0.132. The SMILES string of the molecule is CC(=O)Oc1c(N2C(=O)CCC2=O)oc(-c2ccc(F)cc2Cl)c1O. The molecule has 25 heavy (non-hydrogen) atoms. The highest BCUT2D eigenvalue weighted by molar-refractivity contribution is 6.33. The van der Waals surface area contributed by atoms with Gasteiger partial charge < -0.3 is 14.3 Å². The highest BCUT2D eigenvalue weighted by atomic mass is 35.5. The predicted octanol–water partition coefficient (Wildman–Crippen LogP) is 3.02. The molecule has 0 bridgehead atoms. The summed E-state index contributed by atoms with van der Waals surface area (Å²) in [6, 6.07) is 3.32. The fourth-order valence-corrected chi connectivity index (χ4v) is 2.69. The van der Waals surface area contributed by atoms with Gasteiger partial charge in [0.25, 0.3) is 5.88 Å². The van der Waals surface area contributed by atoms with Gasteiger partial charge in [0.05, 0.1) is 5.02 Å². The molecule has 2 amide bonds. The van der Waals surface area contributed by atoms with E-state index in [9.17, 15) is 23.9 Å². The van der Waals surface area contributed by atoms with Crippen molar-refractivity contribution in [2.24, 2.45) is 0 Å². The zero-order chi connectivity index (χ0) is 18.3. The number of esters is 1. The molecule has 0 spiro atoms. The fraction of sp³-hybridized carbons (Fsp3) is 0.188. The number of furan rings is 1. The van der Waals surface area contributed by atoms with Gasteiger partial charge in [0, 0.05) is 25.3 Å². The first-order chi connectivity index (χ1) is 11.8. The van der Waals surface area contributed by atoms with Crippen molar-refractivity contribution in [3.8, 4) is 22.8 Å². The van der Waals surface area contributed by atoms with Crippen LogP contribution in [-0.4, -0.2) is 22.9 Å². The molecule has 0 radical (unpaired) electrons. The van der Waals surface area contributed by atoms with Crippen LogP contribution in [0, 0.1) is 5.82 Å². The molecule has 130 valence electrons. The third-order valence-electron chi connectivity index (χ3n) is 3.50. The summed E-state index contributed by atoms with van der Waals surface area (Å²) in [5.41, 5.74) is 0.0966. The molecule has 1 N–H and O–H groups in total. The summed E-state index contributed by atoms with van der Waals surface area (Å²) in [5, 5.41) is 10.3. The first-order valence-electron chi connectivity index (χ1n) is 7.15. The van der Waals surface area contributed by atoms with Crippen LogP contribution in [0.2, 0.25) is 5.02 Å². The Bertz CT molecular complexity index is 890. The lowest BCUT2D eigenvalue weighted by Crippen LogP contribution is -2.28. The van der Waals surface area contributed by atoms with E-state index in [4.69, 9.17) is 20.8 Å². The largest absolute Gasteiger partial charge is 0.502 e. The lowest BCUT2D eigenvalue weighted by Gasteiger charge is -2.11. The Balaban J connectivity index is 2.20. The molecule has 1 fully saturated rings. The zero-order valence-electron chi connectivity index (χ0n) is 12.8. The number of benzene rings is 1. The molecule has 9 heteroatoms. The van der Waals surface area contributed by atoms with E-state index in [1.54, 1.807) is 0 Å². The van der Waals surface area contributed by atoms with Crippen molar-refractivity contribution >= 4 is 35.3 Å². The number of amides is 2. The lowest BCUT2D eigenvalue weighted by atomic mass is 10.1. The maximum Gasteiger partial charge on any atom is 0.308 e. The average Bonchev–Trinajstić information content (AvgIpc) is 3.00. The summed E-state index contributed by atoms with van der Waals surface area (Å²) in [4.78, 5) is 35.9. The van der Waals surface area contributed by atoms with Crippen LogP contribution >= 0.6 is 11.6 Å². The first-order valence-corrected chi connectivity index (χ1v) is 7.52. The van der Waals surface area contributed by atoms with Crippen LogP contribution in [0.5, 0.6) is 11.5 Å². The number of ether oxygens (including phenoxy) is 1. The van der Waals surface area contributed by atoms with Gasteiger partial charge in [-0.3, -0.25) is 14.4 Å². The number of hydrogen-bond acceptors (Lipinski definition) is 6. The van der Waals surface area contributed by atoms with Gasteiger partial charge in [-0.1, -0.05) is 11.6 Å². The highest BCUT2D eigenvalue weighted by Gasteiger charge is 2.38. The monoisotopic (exact) mass is 367 g/mol. The van der Waals surface area contributed by atoms with Crippen LogP contribution in [0.25, 0.3) is 11.3 Å². The van der Waals surface area contributed by atoms with Crippen molar-refractivity contribution in [1.82, 2.24) is 0 Å². The molecule has 2 heterocycles. The second-order valence-electron chi connectivity index (χ2n) is 5.25. The number of carbonyl (C=O) groups is 3. The van der Waals surface area contributed by atoms with Gasteiger partial charge in [-0.05, 0) is 18.2 Å². The van der Waals surface area contributed by atoms with Crippen molar-refractivity contribution in [3.63, 3.8) is 0 Å². The summed E-state index contributed by atoms with van der Waals surface area (Å²) in [6.45, 7) is 1.08. The molecular weight excluding hydrogens is 357 g/mol. The van der Waals surface area contributed by atoms with Gasteiger partial charge in [-0.25, -0.2) is 9.29 Å². The maximum absolute atomic E-state index is 13.2. The van der Waals surface area contributed by atoms with E-state index in [0.29, 0.717) is 4.90 Å². The van der Waals surface area contributed by atoms with E-state index in [-0.39, 0.29) is 29.2 Å². The van der Waals surface area contributed by atoms with E-state index in [1.165, 1.54) is 6.07 Å². The fourth-order valence-electron chi connectivity index (χ4n) is 2.44. The molecule has 3 rings (SSSR count). The highest BCUT2D eigenvalue weighted by Crippen LogP contribution is 2.50. The molecule has 1 aliphatic rings. The molecule has 0 saturated carbocycles. The summed E-state index contributed by atoms with van der Waals surface area (Å²) in [5.74, 6) is -4.33. The van der Waals surface area contributed by atoms with E-state index in [0.717, 1.165) is 19.1 Å². The quantitative estimate of drug-likeness (QED) is 0.661. The Morgan fingerprint density at radius 1 is 1.32 bits per heavy atom. The van der Waals surface area contributed by atoms with Crippen molar-refractivity contribution in [1.29, 1.82) is 0 Å². The molecule has 0 aliphatic carbocycles. The normalized spacial score (nSPS) is 14.3. The van der Waals surface area contributed by atoms with Gasteiger partial charge in [0.2, 0.25) is 23.3 Å². The maximum atomic E-state index is 13.2. The van der Waals surface area contributed by atoms with Crippen molar-refractivity contribution < 1.29 is 33.0 Å². The minimum Gasteiger partial charge on any atom is -0.502 e. The van der Waals surface area contributed by atoms with Crippen molar-refractivity contribution in [2.75, 3.05) is 4.90 Å². The smallest absolute Gasteiger partial charge is 0.308 e. The number of hydrogen-bond donors (Lipinski definition) is 1. The Kier molecular flexibility index (Phi) is 4.22. The number of anilines is 1. The van der Waals surface area contributed by atoms with Gasteiger partial charge >= 0.3 is 5.97 Å². The minimum atomic E-state index is -0.798. The first kappa shape index (κ1) is 17.0. The molecule has 1 saturated heterocycles. The van der Waals surface area contributed by atoms with Gasteiger partial charge in [0.1, 0.15) is 5.82 Å². The van der Waals surface area contributed by atoms with Crippen LogP contribution in [0.15, 0.2) is 22.6 Å². The van der Waals surface area contributed by atoms with Crippen LogP contribution in [-0.2, 0) is 14.4 Å². The number of nitrogens with zero attached hydrogens (tertiary/aromatic N) is 1. The minimum absolute atomic E-state index is 0.0353. The zero-order valence-corrected chi connectivity index (χ0v) is 13.6. The summed E-state index contributed by atoms with van der Waals surface area (Å²) < 4.78 is 23.6. The number of carbonyl (C=O) groups excluding carboxylic acids is 3. The van der Waals surface area contributed by atoms with E-state index >= 15 is 0 Å². The van der Waals surface area contributed by atoms with Gasteiger partial charge in [0.15, 0.2) is 5.76 Å². The van der Waals surface area contributed by atoms with Gasteiger partial charge in [-0.15, -0.1) is 0 Å². The Morgan fingerprint density at radius 3 is 2.52 bits per heavy atom.